The Bertz CT molecular complexity index is 660. The number of halogens is 1. The lowest BCUT2D eigenvalue weighted by molar-refractivity contribution is 0.697. The van der Waals surface area contributed by atoms with Crippen molar-refractivity contribution in [1.29, 1.82) is 0 Å². The van der Waals surface area contributed by atoms with Crippen LogP contribution >= 0.6 is 15.9 Å². The van der Waals surface area contributed by atoms with Crippen molar-refractivity contribution in [1.82, 2.24) is 14.5 Å². The van der Waals surface area contributed by atoms with Gasteiger partial charge in [-0.05, 0) is 34.5 Å². The van der Waals surface area contributed by atoms with Gasteiger partial charge in [0.05, 0.1) is 16.7 Å². The second kappa shape index (κ2) is 4.67. The van der Waals surface area contributed by atoms with Crippen LogP contribution in [-0.2, 0) is 6.54 Å². The van der Waals surface area contributed by atoms with Gasteiger partial charge in [-0.25, -0.2) is 4.79 Å². The van der Waals surface area contributed by atoms with E-state index >= 15 is 0 Å². The fourth-order valence-electron chi connectivity index (χ4n) is 1.45. The third kappa shape index (κ3) is 2.52. The number of aromatic nitrogens is 3. The van der Waals surface area contributed by atoms with Gasteiger partial charge in [0, 0.05) is 12.4 Å². The molecule has 0 radical (unpaired) electrons. The standard InChI is InChI=1S/C11H10BrN3O2/c1-7-3-2-4-13-9(7)6-15-5-8(12)10(16)14-11(15)17/h2-5H,6H2,1H3,(H,14,16,17). The number of nitrogens with zero attached hydrogens (tertiary/aromatic N) is 2. The first-order chi connectivity index (χ1) is 8.08. The minimum Gasteiger partial charge on any atom is -0.293 e. The molecule has 0 atom stereocenters. The molecule has 0 aliphatic rings. The van der Waals surface area contributed by atoms with E-state index in [1.54, 1.807) is 6.20 Å². The largest absolute Gasteiger partial charge is 0.328 e. The van der Waals surface area contributed by atoms with E-state index < -0.39 is 11.2 Å². The summed E-state index contributed by atoms with van der Waals surface area (Å²) >= 11 is 3.09. The fraction of sp³-hybridized carbons (Fsp3) is 0.182. The van der Waals surface area contributed by atoms with E-state index in [0.29, 0.717) is 11.0 Å². The Kier molecular flexibility index (Phi) is 3.23. The molecule has 0 spiro atoms. The van der Waals surface area contributed by atoms with Crippen LogP contribution in [0.4, 0.5) is 0 Å². The lowest BCUT2D eigenvalue weighted by Crippen LogP contribution is -2.30. The van der Waals surface area contributed by atoms with Crippen LogP contribution in [0.2, 0.25) is 0 Å². The quantitative estimate of drug-likeness (QED) is 0.900. The van der Waals surface area contributed by atoms with E-state index in [9.17, 15) is 9.59 Å². The van der Waals surface area contributed by atoms with Gasteiger partial charge in [0.15, 0.2) is 0 Å². The predicted octanol–water partition coefficient (Wildman–Crippen LogP) is 1.05. The Morgan fingerprint density at radius 1 is 1.47 bits per heavy atom. The van der Waals surface area contributed by atoms with Crippen molar-refractivity contribution in [2.45, 2.75) is 13.5 Å². The van der Waals surface area contributed by atoms with Crippen molar-refractivity contribution in [2.24, 2.45) is 0 Å². The molecule has 1 N–H and O–H groups in total. The minimum atomic E-state index is -0.441. The lowest BCUT2D eigenvalue weighted by Gasteiger charge is -2.07. The molecule has 0 aliphatic carbocycles. The van der Waals surface area contributed by atoms with Crippen LogP contribution in [0.3, 0.4) is 0 Å². The normalized spacial score (nSPS) is 10.5. The number of pyridine rings is 1. The topological polar surface area (TPSA) is 67.8 Å². The molecule has 2 aromatic heterocycles. The Morgan fingerprint density at radius 3 is 2.94 bits per heavy atom. The summed E-state index contributed by atoms with van der Waals surface area (Å²) in [6, 6.07) is 3.76. The summed E-state index contributed by atoms with van der Waals surface area (Å²) in [6.07, 6.45) is 3.14. The molecule has 2 heterocycles. The van der Waals surface area contributed by atoms with Crippen LogP contribution in [-0.4, -0.2) is 14.5 Å². The average Bonchev–Trinajstić information content (AvgIpc) is 2.29. The van der Waals surface area contributed by atoms with E-state index in [0.717, 1.165) is 11.3 Å². The molecule has 17 heavy (non-hydrogen) atoms. The molecule has 2 rings (SSSR count). The van der Waals surface area contributed by atoms with Crippen molar-refractivity contribution in [3.63, 3.8) is 0 Å². The van der Waals surface area contributed by atoms with Crippen molar-refractivity contribution >= 4 is 15.9 Å². The van der Waals surface area contributed by atoms with Crippen LogP contribution in [0.25, 0.3) is 0 Å². The van der Waals surface area contributed by atoms with Gasteiger partial charge >= 0.3 is 5.69 Å². The number of aryl methyl sites for hydroxylation is 1. The first-order valence-corrected chi connectivity index (χ1v) is 5.77. The van der Waals surface area contributed by atoms with E-state index in [4.69, 9.17) is 0 Å². The molecule has 0 saturated heterocycles. The lowest BCUT2D eigenvalue weighted by atomic mass is 10.2. The van der Waals surface area contributed by atoms with Crippen LogP contribution in [0.1, 0.15) is 11.3 Å². The van der Waals surface area contributed by atoms with Gasteiger partial charge in [0.25, 0.3) is 5.56 Å². The Balaban J connectivity index is 2.44. The average molecular weight is 296 g/mol. The van der Waals surface area contributed by atoms with E-state index in [-0.39, 0.29) is 0 Å². The van der Waals surface area contributed by atoms with Gasteiger partial charge < -0.3 is 0 Å². The first kappa shape index (κ1) is 11.8. The zero-order chi connectivity index (χ0) is 12.4. The van der Waals surface area contributed by atoms with Gasteiger partial charge in [-0.15, -0.1) is 0 Å². The highest BCUT2D eigenvalue weighted by Gasteiger charge is 2.05. The molecule has 0 fully saturated rings. The molecule has 0 aliphatic heterocycles. The second-order valence-corrected chi connectivity index (χ2v) is 4.49. The number of nitrogens with one attached hydrogen (secondary N) is 1. The van der Waals surface area contributed by atoms with Gasteiger partial charge in [0.2, 0.25) is 0 Å². The SMILES string of the molecule is Cc1cccnc1Cn1cc(Br)c(=O)[nH]c1=O. The third-order valence-corrected chi connectivity index (χ3v) is 2.97. The smallest absolute Gasteiger partial charge is 0.293 e. The molecule has 0 unspecified atom stereocenters. The van der Waals surface area contributed by atoms with Crippen molar-refractivity contribution in [2.75, 3.05) is 0 Å². The maximum atomic E-state index is 11.6. The highest BCUT2D eigenvalue weighted by Crippen LogP contribution is 2.05. The molecule has 2 aromatic rings. The highest BCUT2D eigenvalue weighted by atomic mass is 79.9. The molecule has 0 bridgehead atoms. The molecule has 5 nitrogen and oxygen atoms in total. The summed E-state index contributed by atoms with van der Waals surface area (Å²) in [6.45, 7) is 2.26. The van der Waals surface area contributed by atoms with E-state index in [1.165, 1.54) is 10.8 Å². The molecule has 88 valence electrons. The number of hydrogen-bond acceptors (Lipinski definition) is 3. The minimum absolute atomic E-state index is 0.325. The third-order valence-electron chi connectivity index (χ3n) is 2.41. The van der Waals surface area contributed by atoms with Crippen molar-refractivity contribution in [3.05, 3.63) is 61.1 Å². The Morgan fingerprint density at radius 2 is 2.24 bits per heavy atom. The summed E-state index contributed by atoms with van der Waals surface area (Å²) in [5.41, 5.74) is 0.933. The number of H-pyrrole nitrogens is 1. The fourth-order valence-corrected chi connectivity index (χ4v) is 1.79. The Labute approximate surface area is 105 Å². The van der Waals surface area contributed by atoms with Crippen LogP contribution in [0.15, 0.2) is 38.6 Å². The molecule has 0 aromatic carbocycles. The monoisotopic (exact) mass is 295 g/mol. The van der Waals surface area contributed by atoms with E-state index in [2.05, 4.69) is 25.9 Å². The van der Waals surface area contributed by atoms with Gasteiger partial charge in [-0.2, -0.15) is 0 Å². The zero-order valence-corrected chi connectivity index (χ0v) is 10.7. The number of hydrogen-bond donors (Lipinski definition) is 1. The molecule has 0 saturated carbocycles. The molecule has 0 amide bonds. The predicted molar refractivity (Wildman–Crippen MR) is 67.1 cm³/mol. The summed E-state index contributed by atoms with van der Waals surface area (Å²) in [5.74, 6) is 0. The van der Waals surface area contributed by atoms with Gasteiger partial charge in [0.1, 0.15) is 0 Å². The van der Waals surface area contributed by atoms with Crippen LogP contribution in [0.5, 0.6) is 0 Å². The second-order valence-electron chi connectivity index (χ2n) is 3.63. The Hall–Kier alpha value is -1.69. The number of aromatic amines is 1. The molecule has 6 heteroatoms. The van der Waals surface area contributed by atoms with E-state index in [1.807, 2.05) is 19.1 Å². The molecular formula is C11H10BrN3O2. The van der Waals surface area contributed by atoms with Crippen LogP contribution < -0.4 is 11.2 Å². The summed E-state index contributed by atoms with van der Waals surface area (Å²) in [5, 5.41) is 0. The summed E-state index contributed by atoms with van der Waals surface area (Å²) in [4.78, 5) is 29.2. The van der Waals surface area contributed by atoms with Crippen LogP contribution in [0, 0.1) is 6.92 Å². The maximum absolute atomic E-state index is 11.6. The van der Waals surface area contributed by atoms with Gasteiger partial charge in [-0.3, -0.25) is 19.3 Å². The van der Waals surface area contributed by atoms with Crippen molar-refractivity contribution < 1.29 is 0 Å². The highest BCUT2D eigenvalue weighted by molar-refractivity contribution is 9.10. The number of rotatable bonds is 2. The zero-order valence-electron chi connectivity index (χ0n) is 9.11. The maximum Gasteiger partial charge on any atom is 0.328 e. The van der Waals surface area contributed by atoms with Gasteiger partial charge in [-0.1, -0.05) is 6.07 Å². The van der Waals surface area contributed by atoms with Crippen molar-refractivity contribution in [3.8, 4) is 0 Å². The summed E-state index contributed by atoms with van der Waals surface area (Å²) < 4.78 is 1.73. The first-order valence-electron chi connectivity index (χ1n) is 4.97. The molecular weight excluding hydrogens is 286 g/mol. The summed E-state index contributed by atoms with van der Waals surface area (Å²) in [7, 11) is 0.